The maximum atomic E-state index is 12.3. The summed E-state index contributed by atoms with van der Waals surface area (Å²) in [5.74, 6) is -2.25. The molecule has 2 aliphatic heterocycles. The summed E-state index contributed by atoms with van der Waals surface area (Å²) in [6.45, 7) is 9.52. The highest BCUT2D eigenvalue weighted by atomic mass is 16.6. The average Bonchev–Trinajstić information content (AvgIpc) is 3.17. The van der Waals surface area contributed by atoms with Crippen LogP contribution in [0.15, 0.2) is 24.3 Å². The Hall–Kier alpha value is -2.15. The van der Waals surface area contributed by atoms with Crippen LogP contribution in [0.5, 0.6) is 0 Å². The number of allylic oxidation sites excluding steroid dienone is 2. The van der Waals surface area contributed by atoms with Gasteiger partial charge in [-0.1, -0.05) is 32.6 Å². The van der Waals surface area contributed by atoms with E-state index in [1.54, 1.807) is 13.8 Å². The van der Waals surface area contributed by atoms with E-state index in [4.69, 9.17) is 19.3 Å². The molecule has 1 unspecified atom stereocenters. The van der Waals surface area contributed by atoms with Crippen LogP contribution in [-0.4, -0.2) is 47.4 Å². The summed E-state index contributed by atoms with van der Waals surface area (Å²) in [6.07, 6.45) is 5.81. The van der Waals surface area contributed by atoms with E-state index >= 15 is 0 Å². The van der Waals surface area contributed by atoms with E-state index in [-0.39, 0.29) is 43.0 Å². The number of epoxide rings is 1. The molecule has 7 nitrogen and oxygen atoms in total. The normalized spacial score (nSPS) is 35.1. The van der Waals surface area contributed by atoms with Crippen molar-refractivity contribution in [3.63, 3.8) is 0 Å². The summed E-state index contributed by atoms with van der Waals surface area (Å²) in [4.78, 5) is 35.5. The van der Waals surface area contributed by atoms with E-state index in [0.717, 1.165) is 12.8 Å². The molecule has 5 atom stereocenters. The first-order valence-electron chi connectivity index (χ1n) is 10.1. The van der Waals surface area contributed by atoms with Crippen LogP contribution in [0.2, 0.25) is 0 Å². The SMILES string of the molecule is C=C1C(=O)O[C@H]2[C@H]1C(COC(=O)CC(C)(C)CC(=O)O)C/C=C\CC[C@@]1(C)O[C@@H]21. The van der Waals surface area contributed by atoms with Gasteiger partial charge in [0.05, 0.1) is 25.0 Å². The van der Waals surface area contributed by atoms with Crippen LogP contribution in [0, 0.1) is 17.3 Å². The molecule has 0 amide bonds. The largest absolute Gasteiger partial charge is 0.481 e. The zero-order valence-corrected chi connectivity index (χ0v) is 17.3. The van der Waals surface area contributed by atoms with E-state index < -0.39 is 29.4 Å². The van der Waals surface area contributed by atoms with E-state index in [9.17, 15) is 14.4 Å². The fourth-order valence-electron chi connectivity index (χ4n) is 4.47. The Labute approximate surface area is 171 Å². The second-order valence-electron chi connectivity index (χ2n) is 9.37. The molecule has 0 aromatic carbocycles. The first-order valence-corrected chi connectivity index (χ1v) is 10.1. The van der Waals surface area contributed by atoms with Gasteiger partial charge in [0, 0.05) is 17.4 Å². The molecular formula is C22H30O7. The van der Waals surface area contributed by atoms with Crippen LogP contribution >= 0.6 is 0 Å². The third-order valence-electron chi connectivity index (χ3n) is 6.13. The third kappa shape index (κ3) is 4.89. The molecule has 1 aliphatic carbocycles. The van der Waals surface area contributed by atoms with E-state index in [2.05, 4.69) is 12.7 Å². The van der Waals surface area contributed by atoms with Gasteiger partial charge in [-0.15, -0.1) is 0 Å². The molecule has 2 fully saturated rings. The van der Waals surface area contributed by atoms with Gasteiger partial charge < -0.3 is 19.3 Å². The number of carboxylic acid groups (broad SMARTS) is 1. The third-order valence-corrected chi connectivity index (χ3v) is 6.13. The lowest BCUT2D eigenvalue weighted by Crippen LogP contribution is -2.35. The van der Waals surface area contributed by atoms with Gasteiger partial charge in [-0.2, -0.15) is 0 Å². The average molecular weight is 406 g/mol. The van der Waals surface area contributed by atoms with Crippen LogP contribution < -0.4 is 0 Å². The first-order chi connectivity index (χ1) is 13.5. The molecule has 0 aromatic rings. The lowest BCUT2D eigenvalue weighted by Gasteiger charge is -2.27. The van der Waals surface area contributed by atoms with Gasteiger partial charge in [0.2, 0.25) is 0 Å². The molecular weight excluding hydrogens is 376 g/mol. The van der Waals surface area contributed by atoms with E-state index in [1.807, 2.05) is 13.0 Å². The molecule has 0 spiro atoms. The van der Waals surface area contributed by atoms with Crippen LogP contribution in [0.3, 0.4) is 0 Å². The van der Waals surface area contributed by atoms with Crippen molar-refractivity contribution in [2.45, 2.75) is 70.7 Å². The van der Waals surface area contributed by atoms with Gasteiger partial charge in [-0.05, 0) is 31.6 Å². The molecule has 0 saturated carbocycles. The molecule has 3 aliphatic rings. The molecule has 0 bridgehead atoms. The Balaban J connectivity index is 1.70. The number of rotatable bonds is 6. The van der Waals surface area contributed by atoms with Crippen LogP contribution in [0.1, 0.15) is 52.9 Å². The zero-order chi connectivity index (χ0) is 21.4. The summed E-state index contributed by atoms with van der Waals surface area (Å²) in [7, 11) is 0. The Bertz CT molecular complexity index is 737. The highest BCUT2D eigenvalue weighted by Crippen LogP contribution is 2.50. The molecule has 2 saturated heterocycles. The van der Waals surface area contributed by atoms with Crippen molar-refractivity contribution in [3.05, 3.63) is 24.3 Å². The second kappa shape index (κ2) is 7.94. The summed E-state index contributed by atoms with van der Waals surface area (Å²) in [6, 6.07) is 0. The maximum absolute atomic E-state index is 12.3. The van der Waals surface area contributed by atoms with Crippen molar-refractivity contribution >= 4 is 17.9 Å². The number of esters is 2. The number of hydrogen-bond acceptors (Lipinski definition) is 6. The highest BCUT2D eigenvalue weighted by molar-refractivity contribution is 5.91. The standard InChI is InChI=1S/C22H30O7/c1-13-17-14(12-27-16(25)11-21(2,3)10-15(23)24)8-6-5-7-9-22(4)19(29-22)18(17)28-20(13)26/h5-6,14,17-19H,1,7-12H2,2-4H3,(H,23,24)/b6-5-/t14?,17-,18+,19+,22-/m1/s1. The first kappa shape index (κ1) is 21.6. The lowest BCUT2D eigenvalue weighted by atomic mass is 9.78. The van der Waals surface area contributed by atoms with Crippen LogP contribution in [0.4, 0.5) is 0 Å². The highest BCUT2D eigenvalue weighted by Gasteiger charge is 2.62. The van der Waals surface area contributed by atoms with Gasteiger partial charge in [0.1, 0.15) is 12.2 Å². The number of aliphatic carboxylic acids is 1. The van der Waals surface area contributed by atoms with Gasteiger partial charge in [0.25, 0.3) is 0 Å². The van der Waals surface area contributed by atoms with E-state index in [1.165, 1.54) is 0 Å². The maximum Gasteiger partial charge on any atom is 0.334 e. The molecule has 160 valence electrons. The summed E-state index contributed by atoms with van der Waals surface area (Å²) in [5, 5.41) is 8.98. The number of fused-ring (bicyclic) bond motifs is 3. The molecule has 1 N–H and O–H groups in total. The summed E-state index contributed by atoms with van der Waals surface area (Å²) < 4.78 is 17.0. The molecule has 0 aromatic heterocycles. The number of carbonyl (C=O) groups excluding carboxylic acids is 2. The van der Waals surface area contributed by atoms with Gasteiger partial charge in [-0.3, -0.25) is 9.59 Å². The quantitative estimate of drug-likeness (QED) is 0.313. The smallest absolute Gasteiger partial charge is 0.334 e. The van der Waals surface area contributed by atoms with Crippen molar-refractivity contribution in [2.75, 3.05) is 6.61 Å². The lowest BCUT2D eigenvalue weighted by molar-refractivity contribution is -0.150. The van der Waals surface area contributed by atoms with Crippen molar-refractivity contribution < 1.29 is 33.7 Å². The Morgan fingerprint density at radius 1 is 1.34 bits per heavy atom. The van der Waals surface area contributed by atoms with Crippen LogP contribution in [-0.2, 0) is 28.6 Å². The van der Waals surface area contributed by atoms with E-state index in [0.29, 0.717) is 12.0 Å². The molecule has 7 heteroatoms. The Morgan fingerprint density at radius 3 is 2.76 bits per heavy atom. The van der Waals surface area contributed by atoms with Gasteiger partial charge in [-0.25, -0.2) is 4.79 Å². The zero-order valence-electron chi connectivity index (χ0n) is 17.3. The minimum Gasteiger partial charge on any atom is -0.481 e. The molecule has 2 heterocycles. The predicted octanol–water partition coefficient (Wildman–Crippen LogP) is 3.03. The second-order valence-corrected chi connectivity index (χ2v) is 9.37. The predicted molar refractivity (Wildman–Crippen MR) is 104 cm³/mol. The monoisotopic (exact) mass is 406 g/mol. The van der Waals surface area contributed by atoms with Crippen molar-refractivity contribution in [3.8, 4) is 0 Å². The Kier molecular flexibility index (Phi) is 5.90. The fourth-order valence-corrected chi connectivity index (χ4v) is 4.47. The van der Waals surface area contributed by atoms with Crippen LogP contribution in [0.25, 0.3) is 0 Å². The molecule has 0 radical (unpaired) electrons. The van der Waals surface area contributed by atoms with Crippen molar-refractivity contribution in [2.24, 2.45) is 17.3 Å². The summed E-state index contributed by atoms with van der Waals surface area (Å²) in [5.41, 5.74) is -0.604. The van der Waals surface area contributed by atoms with Crippen molar-refractivity contribution in [1.82, 2.24) is 0 Å². The Morgan fingerprint density at radius 2 is 2.07 bits per heavy atom. The summed E-state index contributed by atoms with van der Waals surface area (Å²) >= 11 is 0. The number of carboxylic acids is 1. The number of hydrogen-bond donors (Lipinski definition) is 1. The number of ether oxygens (including phenoxy) is 3. The van der Waals surface area contributed by atoms with Gasteiger partial charge in [0.15, 0.2) is 0 Å². The fraction of sp³-hybridized carbons (Fsp3) is 0.682. The number of carbonyl (C=O) groups is 3. The minimum atomic E-state index is -0.950. The van der Waals surface area contributed by atoms with Gasteiger partial charge >= 0.3 is 17.9 Å². The van der Waals surface area contributed by atoms with Crippen molar-refractivity contribution in [1.29, 1.82) is 0 Å². The minimum absolute atomic E-state index is 0.0101. The topological polar surface area (TPSA) is 102 Å². The molecule has 3 rings (SSSR count). The molecule has 29 heavy (non-hydrogen) atoms.